The number of ether oxygens (including phenoxy) is 1. The molecule has 0 saturated carbocycles. The molecule has 23 heavy (non-hydrogen) atoms. The molecule has 1 N–H and O–H groups in total. The van der Waals surface area contributed by atoms with E-state index < -0.39 is 5.60 Å². The zero-order valence-corrected chi connectivity index (χ0v) is 14.4. The van der Waals surface area contributed by atoms with Crippen molar-refractivity contribution in [3.05, 3.63) is 21.6 Å². The third-order valence-corrected chi connectivity index (χ3v) is 4.72. The van der Waals surface area contributed by atoms with E-state index in [0.29, 0.717) is 13.1 Å². The van der Waals surface area contributed by atoms with Crippen LogP contribution in [0.3, 0.4) is 0 Å². The molecule has 2 aliphatic rings. The number of fused-ring (bicyclic) bond motifs is 1. The topological polar surface area (TPSA) is 67.3 Å². The number of aromatic amines is 1. The number of H-pyrrole nitrogens is 1. The predicted octanol–water partition coefficient (Wildman–Crippen LogP) is 2.63. The molecule has 128 valence electrons. The molecular weight excluding hydrogens is 294 g/mol. The second kappa shape index (κ2) is 6.06. The largest absolute Gasteiger partial charge is 0.444 e. The number of nitrogens with zero attached hydrogens (tertiary/aromatic N) is 2. The zero-order chi connectivity index (χ0) is 16.6. The van der Waals surface area contributed by atoms with Gasteiger partial charge in [-0.1, -0.05) is 0 Å². The van der Waals surface area contributed by atoms with E-state index >= 15 is 0 Å². The highest BCUT2D eigenvalue weighted by Crippen LogP contribution is 2.30. The van der Waals surface area contributed by atoms with Crippen molar-refractivity contribution in [2.24, 2.45) is 0 Å². The maximum atomic E-state index is 12.3. The number of hydrogen-bond donors (Lipinski definition) is 1. The van der Waals surface area contributed by atoms with Crippen molar-refractivity contribution in [3.8, 4) is 0 Å². The van der Waals surface area contributed by atoms with Crippen LogP contribution < -0.4 is 5.56 Å². The number of likely N-dealkylation sites (tertiary alicyclic amines) is 1. The summed E-state index contributed by atoms with van der Waals surface area (Å²) in [5.41, 5.74) is 1.76. The zero-order valence-electron chi connectivity index (χ0n) is 14.4. The molecule has 3 rings (SSSR count). The molecule has 6 heteroatoms. The lowest BCUT2D eigenvalue weighted by Gasteiger charge is -2.33. The van der Waals surface area contributed by atoms with Crippen LogP contribution in [0.1, 0.15) is 63.6 Å². The van der Waals surface area contributed by atoms with Gasteiger partial charge < -0.3 is 9.64 Å². The van der Waals surface area contributed by atoms with Gasteiger partial charge in [0, 0.05) is 30.9 Å². The van der Waals surface area contributed by atoms with E-state index in [-0.39, 0.29) is 17.6 Å². The summed E-state index contributed by atoms with van der Waals surface area (Å²) in [6.45, 7) is 7.87. The highest BCUT2D eigenvalue weighted by atomic mass is 16.6. The Labute approximate surface area is 136 Å². The number of aryl methyl sites for hydroxylation is 1. The van der Waals surface area contributed by atoms with E-state index in [0.717, 1.165) is 44.2 Å². The van der Waals surface area contributed by atoms with Crippen LogP contribution in [0.15, 0.2) is 4.79 Å². The first-order valence-electron chi connectivity index (χ1n) is 8.64. The molecule has 0 unspecified atom stereocenters. The first kappa shape index (κ1) is 16.1. The Morgan fingerprint density at radius 1 is 1.17 bits per heavy atom. The van der Waals surface area contributed by atoms with E-state index in [4.69, 9.17) is 4.74 Å². The molecule has 0 spiro atoms. The van der Waals surface area contributed by atoms with E-state index in [9.17, 15) is 9.59 Å². The SMILES string of the molecule is CC(C)(C)OC(=O)N1CCC(c2c3n([nH]c2=O)CCCC3)CC1. The quantitative estimate of drug-likeness (QED) is 0.864. The molecule has 0 aliphatic carbocycles. The summed E-state index contributed by atoms with van der Waals surface area (Å²) in [4.78, 5) is 26.2. The minimum atomic E-state index is -0.466. The third kappa shape index (κ3) is 3.46. The van der Waals surface area contributed by atoms with Gasteiger partial charge >= 0.3 is 6.09 Å². The summed E-state index contributed by atoms with van der Waals surface area (Å²) in [5.74, 6) is 0.256. The van der Waals surface area contributed by atoms with Crippen molar-refractivity contribution in [1.29, 1.82) is 0 Å². The highest BCUT2D eigenvalue weighted by Gasteiger charge is 2.31. The number of rotatable bonds is 1. The van der Waals surface area contributed by atoms with Gasteiger partial charge in [-0.3, -0.25) is 14.6 Å². The molecule has 0 atom stereocenters. The minimum absolute atomic E-state index is 0.0672. The lowest BCUT2D eigenvalue weighted by atomic mass is 9.88. The number of hydrogen-bond acceptors (Lipinski definition) is 3. The summed E-state index contributed by atoms with van der Waals surface area (Å²) in [6, 6.07) is 0. The maximum Gasteiger partial charge on any atom is 0.410 e. The van der Waals surface area contributed by atoms with Crippen LogP contribution in [0.5, 0.6) is 0 Å². The van der Waals surface area contributed by atoms with Crippen LogP contribution >= 0.6 is 0 Å². The summed E-state index contributed by atoms with van der Waals surface area (Å²) >= 11 is 0. The number of piperidine rings is 1. The molecule has 1 aromatic heterocycles. The van der Waals surface area contributed by atoms with Gasteiger partial charge in [0.2, 0.25) is 0 Å². The Morgan fingerprint density at radius 2 is 1.87 bits per heavy atom. The summed E-state index contributed by atoms with van der Waals surface area (Å²) in [5, 5.41) is 2.98. The second-order valence-electron chi connectivity index (χ2n) is 7.65. The monoisotopic (exact) mass is 321 g/mol. The first-order chi connectivity index (χ1) is 10.8. The van der Waals surface area contributed by atoms with Gasteiger partial charge in [-0.15, -0.1) is 0 Å². The predicted molar refractivity (Wildman–Crippen MR) is 87.8 cm³/mol. The van der Waals surface area contributed by atoms with Crippen molar-refractivity contribution >= 4 is 6.09 Å². The molecule has 2 aliphatic heterocycles. The summed E-state index contributed by atoms with van der Waals surface area (Å²) < 4.78 is 7.46. The van der Waals surface area contributed by atoms with E-state index in [1.165, 1.54) is 5.69 Å². The van der Waals surface area contributed by atoms with Gasteiger partial charge in [0.15, 0.2) is 0 Å². The molecule has 3 heterocycles. The maximum absolute atomic E-state index is 12.3. The molecule has 1 fully saturated rings. The van der Waals surface area contributed by atoms with Gasteiger partial charge in [-0.25, -0.2) is 4.79 Å². The van der Waals surface area contributed by atoms with E-state index in [1.807, 2.05) is 25.5 Å². The number of nitrogens with one attached hydrogen (secondary N) is 1. The van der Waals surface area contributed by atoms with Gasteiger partial charge in [0.05, 0.1) is 0 Å². The first-order valence-corrected chi connectivity index (χ1v) is 8.64. The summed E-state index contributed by atoms with van der Waals surface area (Å²) in [7, 11) is 0. The lowest BCUT2D eigenvalue weighted by Crippen LogP contribution is -2.41. The number of carbonyl (C=O) groups excluding carboxylic acids is 1. The van der Waals surface area contributed by atoms with Gasteiger partial charge in [0.25, 0.3) is 5.56 Å². The fraction of sp³-hybridized carbons (Fsp3) is 0.765. The molecule has 0 bridgehead atoms. The average Bonchev–Trinajstić information content (AvgIpc) is 2.81. The van der Waals surface area contributed by atoms with Crippen LogP contribution in [0, 0.1) is 0 Å². The molecule has 1 amide bonds. The Bertz CT molecular complexity index is 630. The molecule has 1 aromatic rings. The molecule has 0 radical (unpaired) electrons. The Hall–Kier alpha value is -1.72. The van der Waals surface area contributed by atoms with Crippen molar-refractivity contribution in [2.75, 3.05) is 13.1 Å². The lowest BCUT2D eigenvalue weighted by molar-refractivity contribution is 0.0204. The molecular formula is C17H27N3O3. The van der Waals surface area contributed by atoms with Crippen molar-refractivity contribution in [3.63, 3.8) is 0 Å². The number of amides is 1. The second-order valence-corrected chi connectivity index (χ2v) is 7.65. The Kier molecular flexibility index (Phi) is 4.25. The van der Waals surface area contributed by atoms with E-state index in [2.05, 4.69) is 5.10 Å². The third-order valence-electron chi connectivity index (χ3n) is 4.72. The fourth-order valence-electron chi connectivity index (χ4n) is 3.65. The summed E-state index contributed by atoms with van der Waals surface area (Å²) in [6.07, 6.45) is 4.69. The van der Waals surface area contributed by atoms with E-state index in [1.54, 1.807) is 4.90 Å². The van der Waals surface area contributed by atoms with Gasteiger partial charge in [0.1, 0.15) is 5.60 Å². The minimum Gasteiger partial charge on any atom is -0.444 e. The molecule has 0 aromatic carbocycles. The standard InChI is InChI=1S/C17H27N3O3/c1-17(2,3)23-16(22)19-10-7-12(8-11-19)14-13-6-4-5-9-20(13)18-15(14)21/h12H,4-11H2,1-3H3,(H,18,21). The van der Waals surface area contributed by atoms with Gasteiger partial charge in [-0.05, 0) is 58.8 Å². The van der Waals surface area contributed by atoms with Crippen molar-refractivity contribution < 1.29 is 9.53 Å². The number of carbonyl (C=O) groups is 1. The van der Waals surface area contributed by atoms with Crippen molar-refractivity contribution in [2.45, 2.75) is 70.9 Å². The fourth-order valence-corrected chi connectivity index (χ4v) is 3.65. The molecule has 6 nitrogen and oxygen atoms in total. The Morgan fingerprint density at radius 3 is 2.52 bits per heavy atom. The van der Waals surface area contributed by atoms with Gasteiger partial charge in [-0.2, -0.15) is 0 Å². The van der Waals surface area contributed by atoms with Crippen LogP contribution in [-0.2, 0) is 17.7 Å². The van der Waals surface area contributed by atoms with Crippen LogP contribution in [0.4, 0.5) is 4.79 Å². The number of aromatic nitrogens is 2. The van der Waals surface area contributed by atoms with Crippen LogP contribution in [0.25, 0.3) is 0 Å². The highest BCUT2D eigenvalue weighted by molar-refractivity contribution is 5.68. The van der Waals surface area contributed by atoms with Crippen LogP contribution in [0.2, 0.25) is 0 Å². The normalized spacial score (nSPS) is 19.5. The average molecular weight is 321 g/mol. The molecule has 1 saturated heterocycles. The van der Waals surface area contributed by atoms with Crippen molar-refractivity contribution in [1.82, 2.24) is 14.7 Å². The Balaban J connectivity index is 1.67. The smallest absolute Gasteiger partial charge is 0.410 e. The van der Waals surface area contributed by atoms with Crippen LogP contribution in [-0.4, -0.2) is 39.5 Å².